The van der Waals surface area contributed by atoms with Gasteiger partial charge in [0.25, 0.3) is 0 Å². The number of hydrogen-bond acceptors (Lipinski definition) is 1. The maximum Gasteiger partial charge on any atom is 0.0395 e. The molecule has 0 saturated carbocycles. The molecule has 0 amide bonds. The molecule has 14 heavy (non-hydrogen) atoms. The van der Waals surface area contributed by atoms with E-state index in [-0.39, 0.29) is 0 Å². The lowest BCUT2D eigenvalue weighted by molar-refractivity contribution is 0.828. The van der Waals surface area contributed by atoms with Crippen LogP contribution >= 0.6 is 0 Å². The summed E-state index contributed by atoms with van der Waals surface area (Å²) in [5.74, 6) is 0. The summed E-state index contributed by atoms with van der Waals surface area (Å²) in [7, 11) is 0. The van der Waals surface area contributed by atoms with E-state index in [1.165, 1.54) is 17.7 Å². The second-order valence-corrected chi connectivity index (χ2v) is 3.68. The summed E-state index contributed by atoms with van der Waals surface area (Å²) in [5, 5.41) is 0. The minimum absolute atomic E-state index is 1.02. The molecule has 0 rings (SSSR count). The van der Waals surface area contributed by atoms with E-state index in [1.807, 2.05) is 13.0 Å². The molecule has 0 N–H and O–H groups in total. The van der Waals surface area contributed by atoms with Gasteiger partial charge in [-0.1, -0.05) is 38.8 Å². The lowest BCUT2D eigenvalue weighted by Gasteiger charge is -2.06. The number of rotatable bonds is 6. The highest BCUT2D eigenvalue weighted by atomic mass is 14.8. The Labute approximate surface area is 88.6 Å². The van der Waals surface area contributed by atoms with Gasteiger partial charge in [-0.3, -0.25) is 4.99 Å². The summed E-state index contributed by atoms with van der Waals surface area (Å²) >= 11 is 0. The van der Waals surface area contributed by atoms with E-state index >= 15 is 0 Å². The zero-order valence-electron chi connectivity index (χ0n) is 10.1. The normalized spacial score (nSPS) is 13.9. The second-order valence-electron chi connectivity index (χ2n) is 3.68. The molecular weight excluding hydrogens is 170 g/mol. The maximum atomic E-state index is 4.58. The molecule has 0 aromatic heterocycles. The molecule has 0 aromatic carbocycles. The van der Waals surface area contributed by atoms with Gasteiger partial charge in [0.2, 0.25) is 0 Å². The van der Waals surface area contributed by atoms with E-state index in [4.69, 9.17) is 0 Å². The molecule has 0 aromatic rings. The highest BCUT2D eigenvalue weighted by Gasteiger charge is 1.99. The Morgan fingerprint density at radius 3 is 2.14 bits per heavy atom. The predicted octanol–water partition coefficient (Wildman–Crippen LogP) is 4.51. The van der Waals surface area contributed by atoms with Gasteiger partial charge >= 0.3 is 0 Å². The highest BCUT2D eigenvalue weighted by Crippen LogP contribution is 2.17. The number of allylic oxidation sites excluding steroid dienone is 3. The molecule has 0 fully saturated rings. The van der Waals surface area contributed by atoms with Gasteiger partial charge in [-0.2, -0.15) is 0 Å². The number of nitrogens with zero attached hydrogens (tertiary/aromatic N) is 1. The molecule has 80 valence electrons. The molecular formula is C13H23N. The van der Waals surface area contributed by atoms with E-state index in [0.29, 0.717) is 0 Å². The molecule has 0 aliphatic rings. The largest absolute Gasteiger partial charge is 0.258 e. The van der Waals surface area contributed by atoms with Crippen LogP contribution in [-0.2, 0) is 0 Å². The molecule has 0 spiro atoms. The molecule has 0 unspecified atom stereocenters. The quantitative estimate of drug-likeness (QED) is 0.550. The van der Waals surface area contributed by atoms with E-state index in [2.05, 4.69) is 32.3 Å². The zero-order chi connectivity index (χ0) is 11.0. The summed E-state index contributed by atoms with van der Waals surface area (Å²) in [5.41, 5.74) is 3.70. The summed E-state index contributed by atoms with van der Waals surface area (Å²) in [6.45, 7) is 12.3. The summed E-state index contributed by atoms with van der Waals surface area (Å²) in [6, 6.07) is 0. The predicted molar refractivity (Wildman–Crippen MR) is 65.8 cm³/mol. The number of aliphatic imine (C=N–C) groups is 1. The van der Waals surface area contributed by atoms with Crippen LogP contribution in [0, 0.1) is 0 Å². The van der Waals surface area contributed by atoms with Crippen molar-refractivity contribution in [3.05, 3.63) is 23.9 Å². The molecule has 1 nitrogen and oxygen atoms in total. The highest BCUT2D eigenvalue weighted by molar-refractivity contribution is 5.92. The van der Waals surface area contributed by atoms with Crippen molar-refractivity contribution in [1.82, 2.24) is 0 Å². The Bertz CT molecular complexity index is 234. The SMILES string of the molecule is C=C/C(C)=N/C(CCC)=C(/C)CCC. The third kappa shape index (κ3) is 5.00. The molecule has 0 atom stereocenters. The fourth-order valence-corrected chi connectivity index (χ4v) is 1.38. The molecule has 0 heterocycles. The van der Waals surface area contributed by atoms with Gasteiger partial charge in [0.15, 0.2) is 0 Å². The van der Waals surface area contributed by atoms with Gasteiger partial charge in [-0.05, 0) is 32.8 Å². The Balaban J connectivity index is 4.73. The van der Waals surface area contributed by atoms with Crippen LogP contribution in [0.5, 0.6) is 0 Å². The van der Waals surface area contributed by atoms with Crippen molar-refractivity contribution in [2.75, 3.05) is 0 Å². The minimum Gasteiger partial charge on any atom is -0.258 e. The summed E-state index contributed by atoms with van der Waals surface area (Å²) in [4.78, 5) is 4.58. The van der Waals surface area contributed by atoms with Crippen molar-refractivity contribution < 1.29 is 0 Å². The monoisotopic (exact) mass is 193 g/mol. The molecule has 1 heteroatoms. The fourth-order valence-electron chi connectivity index (χ4n) is 1.38. The van der Waals surface area contributed by atoms with Gasteiger partial charge in [0.1, 0.15) is 0 Å². The Hall–Kier alpha value is -0.850. The van der Waals surface area contributed by atoms with Crippen LogP contribution in [0.3, 0.4) is 0 Å². The zero-order valence-corrected chi connectivity index (χ0v) is 10.1. The van der Waals surface area contributed by atoms with Crippen LogP contribution in [0.1, 0.15) is 53.4 Å². The third-order valence-electron chi connectivity index (χ3n) is 2.21. The van der Waals surface area contributed by atoms with Crippen LogP contribution in [0.25, 0.3) is 0 Å². The minimum atomic E-state index is 1.02. The summed E-state index contributed by atoms with van der Waals surface area (Å²) in [6.07, 6.45) is 6.40. The summed E-state index contributed by atoms with van der Waals surface area (Å²) < 4.78 is 0. The Morgan fingerprint density at radius 2 is 1.71 bits per heavy atom. The maximum absolute atomic E-state index is 4.58. The average Bonchev–Trinajstić information content (AvgIpc) is 2.17. The van der Waals surface area contributed by atoms with Crippen molar-refractivity contribution in [2.24, 2.45) is 4.99 Å². The van der Waals surface area contributed by atoms with Gasteiger partial charge < -0.3 is 0 Å². The van der Waals surface area contributed by atoms with Crippen LogP contribution in [0.15, 0.2) is 28.9 Å². The molecule has 0 aliphatic heterocycles. The molecule has 0 saturated heterocycles. The molecule has 0 radical (unpaired) electrons. The van der Waals surface area contributed by atoms with Crippen molar-refractivity contribution in [2.45, 2.75) is 53.4 Å². The first kappa shape index (κ1) is 13.2. The lowest BCUT2D eigenvalue weighted by atomic mass is 10.1. The van der Waals surface area contributed by atoms with Crippen LogP contribution in [0.2, 0.25) is 0 Å². The Kier molecular flexibility index (Phi) is 7.09. The van der Waals surface area contributed by atoms with Gasteiger partial charge in [0.05, 0.1) is 0 Å². The first-order valence-corrected chi connectivity index (χ1v) is 5.52. The van der Waals surface area contributed by atoms with Crippen LogP contribution in [-0.4, -0.2) is 5.71 Å². The van der Waals surface area contributed by atoms with Crippen LogP contribution in [0.4, 0.5) is 0 Å². The van der Waals surface area contributed by atoms with Gasteiger partial charge in [0, 0.05) is 11.4 Å². The third-order valence-corrected chi connectivity index (χ3v) is 2.21. The van der Waals surface area contributed by atoms with Crippen LogP contribution < -0.4 is 0 Å². The fraction of sp³-hybridized carbons (Fsp3) is 0.615. The molecule has 0 bridgehead atoms. The van der Waals surface area contributed by atoms with E-state index < -0.39 is 0 Å². The second kappa shape index (κ2) is 7.54. The standard InChI is InChI=1S/C13H23N/c1-6-9-11(4)13(10-7-2)14-12(5)8-3/h8H,3,6-7,9-10H2,1-2,4-5H3/b13-11-,14-12+. The van der Waals surface area contributed by atoms with Crippen molar-refractivity contribution in [3.8, 4) is 0 Å². The smallest absolute Gasteiger partial charge is 0.0395 e. The first-order valence-electron chi connectivity index (χ1n) is 5.52. The van der Waals surface area contributed by atoms with E-state index in [0.717, 1.165) is 25.0 Å². The lowest BCUT2D eigenvalue weighted by Crippen LogP contribution is -1.91. The van der Waals surface area contributed by atoms with Gasteiger partial charge in [-0.25, -0.2) is 0 Å². The van der Waals surface area contributed by atoms with Crippen molar-refractivity contribution in [1.29, 1.82) is 0 Å². The van der Waals surface area contributed by atoms with E-state index in [9.17, 15) is 0 Å². The topological polar surface area (TPSA) is 12.4 Å². The van der Waals surface area contributed by atoms with Crippen molar-refractivity contribution in [3.63, 3.8) is 0 Å². The van der Waals surface area contributed by atoms with Gasteiger partial charge in [-0.15, -0.1) is 0 Å². The molecule has 0 aliphatic carbocycles. The first-order chi connectivity index (χ1) is 6.65. The number of hydrogen-bond donors (Lipinski definition) is 0. The van der Waals surface area contributed by atoms with E-state index in [1.54, 1.807) is 0 Å². The average molecular weight is 193 g/mol. The van der Waals surface area contributed by atoms with Crippen molar-refractivity contribution >= 4 is 5.71 Å². The Morgan fingerprint density at radius 1 is 1.14 bits per heavy atom.